The maximum Gasteiger partial charge on any atom is 0.481 e. The van der Waals surface area contributed by atoms with E-state index in [-0.39, 0.29) is 53.1 Å². The van der Waals surface area contributed by atoms with Gasteiger partial charge in [0.2, 0.25) is 11.8 Å². The standard InChI is InChI=1S/C37H48N7O18P3S/c1-21(23-10-7-11-24(16-23)28(46)22-8-5-4-6-9-22)36(50)66-15-14-39-26(45)12-13-40-34(49)31(48)37(2,3)18-59-65(56,57)62-64(54,55)58-17-25-30(61-63(51,52)53)29(47)35(60-25)44-20-43-27-32(38)41-19-42-33(27)44/h4-11,16,19-21,25,29-31,35,47-48H,12-15,17-18H2,1-3H3,(H,39,45)(H,40,49)(H,54,55)(H,56,57)(H2,38,41,42)(H2,51,52,53). The molecule has 4 aromatic rings. The van der Waals surface area contributed by atoms with E-state index in [0.717, 1.165) is 29.0 Å². The van der Waals surface area contributed by atoms with E-state index >= 15 is 0 Å². The number of rotatable bonds is 23. The molecule has 0 aliphatic carbocycles. The molecule has 2 aromatic heterocycles. The van der Waals surface area contributed by atoms with E-state index in [0.29, 0.717) is 16.7 Å². The molecule has 360 valence electrons. The van der Waals surface area contributed by atoms with Crippen LogP contribution in [0, 0.1) is 5.41 Å². The summed E-state index contributed by atoms with van der Waals surface area (Å²) in [6, 6.07) is 15.6. The van der Waals surface area contributed by atoms with Crippen LogP contribution in [0.3, 0.4) is 0 Å². The van der Waals surface area contributed by atoms with Crippen molar-refractivity contribution in [1.29, 1.82) is 0 Å². The molecular formula is C37H48N7O18P3S. The number of anilines is 1. The Kier molecular flexibility index (Phi) is 17.7. The number of thioether (sulfide) groups is 1. The molecule has 25 nitrogen and oxygen atoms in total. The monoisotopic (exact) mass is 1000 g/mol. The minimum atomic E-state index is -5.60. The van der Waals surface area contributed by atoms with Gasteiger partial charge in [-0.1, -0.05) is 81.1 Å². The quantitative estimate of drug-likeness (QED) is 0.0290. The summed E-state index contributed by atoms with van der Waals surface area (Å²) in [4.78, 5) is 102. The number of carbonyl (C=O) groups is 4. The fraction of sp³-hybridized carbons (Fsp3) is 0.432. The number of nitrogens with zero attached hydrogens (tertiary/aromatic N) is 4. The average molecular weight is 1000 g/mol. The molecule has 8 atom stereocenters. The third-order valence-electron chi connectivity index (χ3n) is 9.78. The first-order chi connectivity index (χ1) is 30.9. The number of ketones is 1. The fourth-order valence-corrected chi connectivity index (χ4v) is 9.87. The normalized spacial score (nSPS) is 20.5. The predicted molar refractivity (Wildman–Crippen MR) is 232 cm³/mol. The lowest BCUT2D eigenvalue weighted by molar-refractivity contribution is -0.137. The highest BCUT2D eigenvalue weighted by atomic mass is 32.2. The van der Waals surface area contributed by atoms with Crippen LogP contribution in [0.4, 0.5) is 5.82 Å². The number of amides is 2. The molecule has 1 aliphatic rings. The highest BCUT2D eigenvalue weighted by Gasteiger charge is 2.50. The van der Waals surface area contributed by atoms with Crippen LogP contribution in [0.15, 0.2) is 67.3 Å². The van der Waals surface area contributed by atoms with Gasteiger partial charge in [-0.2, -0.15) is 4.31 Å². The minimum Gasteiger partial charge on any atom is -0.386 e. The lowest BCUT2D eigenvalue weighted by atomic mass is 9.87. The molecule has 2 amide bonds. The van der Waals surface area contributed by atoms with E-state index in [1.54, 1.807) is 61.5 Å². The molecule has 1 aliphatic heterocycles. The van der Waals surface area contributed by atoms with Crippen LogP contribution in [0.2, 0.25) is 0 Å². The number of phosphoric acid groups is 3. The zero-order valence-corrected chi connectivity index (χ0v) is 38.8. The Morgan fingerprint density at radius 1 is 0.939 bits per heavy atom. The second-order valence-electron chi connectivity index (χ2n) is 15.3. The summed E-state index contributed by atoms with van der Waals surface area (Å²) in [7, 11) is -16.5. The van der Waals surface area contributed by atoms with Gasteiger partial charge in [0.15, 0.2) is 28.6 Å². The number of benzene rings is 2. The van der Waals surface area contributed by atoms with Crippen LogP contribution >= 0.6 is 35.2 Å². The highest BCUT2D eigenvalue weighted by molar-refractivity contribution is 8.13. The number of fused-ring (bicyclic) bond motifs is 1. The van der Waals surface area contributed by atoms with Crippen LogP contribution in [0.25, 0.3) is 11.2 Å². The van der Waals surface area contributed by atoms with Gasteiger partial charge in [-0.15, -0.1) is 0 Å². The third-order valence-corrected chi connectivity index (χ3v) is 13.9. The third kappa shape index (κ3) is 14.3. The van der Waals surface area contributed by atoms with E-state index in [9.17, 15) is 62.7 Å². The van der Waals surface area contributed by atoms with Crippen LogP contribution in [0.1, 0.15) is 60.8 Å². The number of carbonyl (C=O) groups excluding carboxylic acids is 4. The number of hydrogen-bond donors (Lipinski definition) is 9. The second-order valence-corrected chi connectivity index (χ2v) is 20.6. The Morgan fingerprint density at radius 3 is 2.32 bits per heavy atom. The summed E-state index contributed by atoms with van der Waals surface area (Å²) >= 11 is 0.999. The summed E-state index contributed by atoms with van der Waals surface area (Å²) in [5.74, 6) is -2.01. The van der Waals surface area contributed by atoms with Gasteiger partial charge in [0, 0.05) is 41.8 Å². The number of ether oxygens (including phenoxy) is 1. The first-order valence-corrected chi connectivity index (χ1v) is 25.1. The Bertz CT molecular complexity index is 2530. The van der Waals surface area contributed by atoms with Gasteiger partial charge in [0.1, 0.15) is 36.3 Å². The smallest absolute Gasteiger partial charge is 0.386 e. The molecule has 0 saturated carbocycles. The second kappa shape index (κ2) is 22.2. The first-order valence-electron chi connectivity index (χ1n) is 19.6. The molecule has 1 fully saturated rings. The number of aliphatic hydroxyl groups excluding tert-OH is 2. The van der Waals surface area contributed by atoms with Crippen molar-refractivity contribution in [2.45, 2.75) is 63.8 Å². The highest BCUT2D eigenvalue weighted by Crippen LogP contribution is 2.61. The van der Waals surface area contributed by atoms with Crippen molar-refractivity contribution in [3.05, 3.63) is 83.9 Å². The first kappa shape index (κ1) is 52.6. The van der Waals surface area contributed by atoms with Gasteiger partial charge < -0.3 is 50.9 Å². The van der Waals surface area contributed by atoms with Gasteiger partial charge in [-0.25, -0.2) is 28.6 Å². The van der Waals surface area contributed by atoms with Crippen molar-refractivity contribution in [2.24, 2.45) is 5.41 Å². The lowest BCUT2D eigenvalue weighted by Crippen LogP contribution is -2.46. The van der Waals surface area contributed by atoms with Gasteiger partial charge in [-0.3, -0.25) is 37.3 Å². The van der Waals surface area contributed by atoms with Gasteiger partial charge in [-0.05, 0) is 11.6 Å². The predicted octanol–water partition coefficient (Wildman–Crippen LogP) is 1.70. The molecule has 2 aromatic carbocycles. The average Bonchev–Trinajstić information content (AvgIpc) is 3.82. The van der Waals surface area contributed by atoms with E-state index in [4.69, 9.17) is 19.5 Å². The van der Waals surface area contributed by atoms with Crippen molar-refractivity contribution in [3.63, 3.8) is 0 Å². The van der Waals surface area contributed by atoms with Crippen molar-refractivity contribution < 1.29 is 85.3 Å². The van der Waals surface area contributed by atoms with Crippen LogP contribution in [-0.2, 0) is 50.7 Å². The Hall–Kier alpha value is -4.33. The Labute approximate surface area is 380 Å². The number of hydrogen-bond acceptors (Lipinski definition) is 19. The molecule has 8 unspecified atom stereocenters. The largest absolute Gasteiger partial charge is 0.481 e. The van der Waals surface area contributed by atoms with E-state index in [2.05, 4.69) is 34.4 Å². The van der Waals surface area contributed by atoms with Crippen molar-refractivity contribution in [2.75, 3.05) is 37.8 Å². The van der Waals surface area contributed by atoms with Gasteiger partial charge in [0.25, 0.3) is 0 Å². The van der Waals surface area contributed by atoms with E-state index in [1.165, 1.54) is 13.8 Å². The van der Waals surface area contributed by atoms with Crippen LogP contribution in [0.5, 0.6) is 0 Å². The number of imidazole rings is 1. The topological polar surface area (TPSA) is 381 Å². The van der Waals surface area contributed by atoms with Crippen molar-refractivity contribution in [3.8, 4) is 0 Å². The molecule has 3 heterocycles. The maximum atomic E-state index is 12.9. The number of aliphatic hydroxyl groups is 2. The molecule has 10 N–H and O–H groups in total. The SMILES string of the molecule is CC(C(=O)SCCNC(=O)CCNC(=O)C(O)C(C)(C)COP(=O)(O)OP(=O)(O)OCC1OC(n2cnc3c(N)ncnc32)C(O)C1OP(=O)(O)O)c1cccc(C(=O)c2ccccc2)c1. The fourth-order valence-electron chi connectivity index (χ4n) is 6.25. The van der Waals surface area contributed by atoms with E-state index in [1.807, 2.05) is 0 Å². The summed E-state index contributed by atoms with van der Waals surface area (Å²) < 4.78 is 62.4. The van der Waals surface area contributed by atoms with Gasteiger partial charge >= 0.3 is 23.5 Å². The summed E-state index contributed by atoms with van der Waals surface area (Å²) in [5.41, 5.74) is 5.86. The summed E-state index contributed by atoms with van der Waals surface area (Å²) in [6.45, 7) is 2.02. The molecule has 1 saturated heterocycles. The van der Waals surface area contributed by atoms with E-state index < -0.39 is 90.5 Å². The summed E-state index contributed by atoms with van der Waals surface area (Å²) in [5, 5.41) is 26.4. The van der Waals surface area contributed by atoms with Gasteiger partial charge in [0.05, 0.1) is 25.5 Å². The number of nitrogens with one attached hydrogen (secondary N) is 2. The zero-order chi connectivity index (χ0) is 48.6. The molecule has 5 rings (SSSR count). The van der Waals surface area contributed by atoms with Crippen molar-refractivity contribution >= 4 is 74.9 Å². The number of phosphoric ester groups is 3. The molecule has 0 radical (unpaired) electrons. The molecule has 66 heavy (non-hydrogen) atoms. The minimum absolute atomic E-state index is 0.0222. The zero-order valence-electron chi connectivity index (χ0n) is 35.3. The Balaban J connectivity index is 1.02. The number of nitrogens with two attached hydrogens (primary N) is 1. The maximum absolute atomic E-state index is 12.9. The molecule has 0 spiro atoms. The number of aromatic nitrogens is 4. The summed E-state index contributed by atoms with van der Waals surface area (Å²) in [6.07, 6.45) is -7.07. The molecule has 29 heteroatoms. The van der Waals surface area contributed by atoms with Crippen LogP contribution in [-0.4, -0.2) is 128 Å². The van der Waals surface area contributed by atoms with Crippen molar-refractivity contribution in [1.82, 2.24) is 30.2 Å². The van der Waals surface area contributed by atoms with Crippen LogP contribution < -0.4 is 16.4 Å². The molecular weight excluding hydrogens is 955 g/mol. The Morgan fingerprint density at radius 2 is 1.62 bits per heavy atom. The number of nitrogen functional groups attached to an aromatic ring is 1. The molecule has 0 bridgehead atoms. The lowest BCUT2D eigenvalue weighted by Gasteiger charge is -2.30.